The monoisotopic (exact) mass is 202 g/mol. The Morgan fingerprint density at radius 3 is 2.71 bits per heavy atom. The highest BCUT2D eigenvalue weighted by Crippen LogP contribution is 2.24. The van der Waals surface area contributed by atoms with E-state index in [4.69, 9.17) is 10.8 Å². The second-order valence-electron chi connectivity index (χ2n) is 3.06. The average molecular weight is 202 g/mol. The van der Waals surface area contributed by atoms with Crippen LogP contribution in [-0.4, -0.2) is 17.8 Å². The van der Waals surface area contributed by atoms with Gasteiger partial charge in [-0.1, -0.05) is 0 Å². The van der Waals surface area contributed by atoms with Crippen LogP contribution in [0.1, 0.15) is 6.92 Å². The molecule has 0 radical (unpaired) electrons. The van der Waals surface area contributed by atoms with Gasteiger partial charge in [-0.05, 0) is 19.1 Å². The molecule has 1 rings (SSSR count). The molecule has 78 valence electrons. The number of hydrogen-bond donors (Lipinski definition) is 3. The van der Waals surface area contributed by atoms with Crippen LogP contribution in [0.4, 0.5) is 20.2 Å². The van der Waals surface area contributed by atoms with Gasteiger partial charge in [-0.25, -0.2) is 8.78 Å². The zero-order chi connectivity index (χ0) is 10.7. The maximum absolute atomic E-state index is 13.1. The van der Waals surface area contributed by atoms with E-state index in [2.05, 4.69) is 5.32 Å². The van der Waals surface area contributed by atoms with Gasteiger partial charge in [0.15, 0.2) is 11.6 Å². The standard InChI is InChI=1S/C9H12F2N2O/c1-5(14)4-13-9-7(12)3-2-6(10)8(9)11/h2-3,5,13-14H,4,12H2,1H3. The molecule has 0 heterocycles. The van der Waals surface area contributed by atoms with E-state index >= 15 is 0 Å². The third-order valence-electron chi connectivity index (χ3n) is 1.70. The summed E-state index contributed by atoms with van der Waals surface area (Å²) in [6.45, 7) is 1.64. The fraction of sp³-hybridized carbons (Fsp3) is 0.333. The second-order valence-corrected chi connectivity index (χ2v) is 3.06. The van der Waals surface area contributed by atoms with E-state index in [0.29, 0.717) is 0 Å². The zero-order valence-corrected chi connectivity index (χ0v) is 7.72. The van der Waals surface area contributed by atoms with Crippen molar-refractivity contribution in [3.63, 3.8) is 0 Å². The largest absolute Gasteiger partial charge is 0.397 e. The molecule has 1 aromatic carbocycles. The lowest BCUT2D eigenvalue weighted by atomic mass is 10.2. The first-order valence-corrected chi connectivity index (χ1v) is 4.17. The molecule has 1 unspecified atom stereocenters. The van der Waals surface area contributed by atoms with Crippen LogP contribution in [-0.2, 0) is 0 Å². The van der Waals surface area contributed by atoms with E-state index in [1.165, 1.54) is 13.0 Å². The summed E-state index contributed by atoms with van der Waals surface area (Å²) in [5, 5.41) is 11.5. The highest BCUT2D eigenvalue weighted by molar-refractivity contribution is 5.66. The van der Waals surface area contributed by atoms with Crippen LogP contribution in [0.3, 0.4) is 0 Å². The molecule has 1 atom stereocenters. The molecule has 0 spiro atoms. The molecule has 0 saturated heterocycles. The maximum atomic E-state index is 13.1. The summed E-state index contributed by atoms with van der Waals surface area (Å²) < 4.78 is 25.9. The first-order chi connectivity index (χ1) is 6.52. The van der Waals surface area contributed by atoms with E-state index in [1.807, 2.05) is 0 Å². The second kappa shape index (κ2) is 4.23. The van der Waals surface area contributed by atoms with Crippen molar-refractivity contribution < 1.29 is 13.9 Å². The summed E-state index contributed by atoms with van der Waals surface area (Å²) in [6.07, 6.45) is -0.655. The molecule has 0 fully saturated rings. The summed E-state index contributed by atoms with van der Waals surface area (Å²) in [7, 11) is 0. The lowest BCUT2D eigenvalue weighted by Crippen LogP contribution is -2.17. The van der Waals surface area contributed by atoms with Crippen molar-refractivity contribution in [2.75, 3.05) is 17.6 Å². The number of nitrogens with one attached hydrogen (secondary N) is 1. The minimum absolute atomic E-state index is 0.106. The van der Waals surface area contributed by atoms with E-state index in [9.17, 15) is 8.78 Å². The van der Waals surface area contributed by atoms with Crippen LogP contribution >= 0.6 is 0 Å². The normalized spacial score (nSPS) is 12.6. The van der Waals surface area contributed by atoms with Crippen molar-refractivity contribution in [2.45, 2.75) is 13.0 Å². The molecule has 0 bridgehead atoms. The van der Waals surface area contributed by atoms with Gasteiger partial charge in [-0.3, -0.25) is 0 Å². The van der Waals surface area contributed by atoms with Crippen molar-refractivity contribution >= 4 is 11.4 Å². The number of nitrogen functional groups attached to an aromatic ring is 1. The molecule has 0 saturated carbocycles. The van der Waals surface area contributed by atoms with Gasteiger partial charge in [0.1, 0.15) is 0 Å². The SMILES string of the molecule is CC(O)CNc1c(N)ccc(F)c1F. The lowest BCUT2D eigenvalue weighted by Gasteiger charge is -2.11. The molecular weight excluding hydrogens is 190 g/mol. The number of hydrogen-bond acceptors (Lipinski definition) is 3. The molecular formula is C9H12F2N2O. The first kappa shape index (κ1) is 10.7. The number of rotatable bonds is 3. The molecule has 0 aromatic heterocycles. The number of nitrogens with two attached hydrogens (primary N) is 1. The van der Waals surface area contributed by atoms with Crippen LogP contribution in [0, 0.1) is 11.6 Å². The summed E-state index contributed by atoms with van der Waals surface area (Å²) in [5.74, 6) is -1.99. The Kier molecular flexibility index (Phi) is 3.24. The Bertz CT molecular complexity index is 329. The Morgan fingerprint density at radius 1 is 1.50 bits per heavy atom. The van der Waals surface area contributed by atoms with Crippen molar-refractivity contribution in [1.29, 1.82) is 0 Å². The molecule has 5 heteroatoms. The van der Waals surface area contributed by atoms with Gasteiger partial charge in [-0.2, -0.15) is 0 Å². The molecule has 1 aromatic rings. The number of halogens is 2. The third-order valence-corrected chi connectivity index (χ3v) is 1.70. The number of aliphatic hydroxyl groups excluding tert-OH is 1. The van der Waals surface area contributed by atoms with Crippen molar-refractivity contribution in [3.8, 4) is 0 Å². The van der Waals surface area contributed by atoms with Crippen LogP contribution in [0.15, 0.2) is 12.1 Å². The summed E-state index contributed by atoms with van der Waals surface area (Å²) in [5.41, 5.74) is 5.44. The minimum atomic E-state index is -1.02. The third kappa shape index (κ3) is 2.32. The predicted octanol–water partition coefficient (Wildman–Crippen LogP) is 1.34. The quantitative estimate of drug-likeness (QED) is 0.648. The van der Waals surface area contributed by atoms with E-state index < -0.39 is 17.7 Å². The summed E-state index contributed by atoms with van der Waals surface area (Å²) in [4.78, 5) is 0. The summed E-state index contributed by atoms with van der Waals surface area (Å²) >= 11 is 0. The van der Waals surface area contributed by atoms with Gasteiger partial charge in [0.2, 0.25) is 0 Å². The molecule has 0 amide bonds. The minimum Gasteiger partial charge on any atom is -0.397 e. The van der Waals surface area contributed by atoms with Crippen LogP contribution in [0.25, 0.3) is 0 Å². The Balaban J connectivity index is 2.89. The smallest absolute Gasteiger partial charge is 0.183 e. The molecule has 0 aliphatic heterocycles. The van der Waals surface area contributed by atoms with Gasteiger partial charge in [0.05, 0.1) is 17.5 Å². The van der Waals surface area contributed by atoms with Gasteiger partial charge < -0.3 is 16.2 Å². The lowest BCUT2D eigenvalue weighted by molar-refractivity contribution is 0.208. The van der Waals surface area contributed by atoms with Crippen molar-refractivity contribution in [2.24, 2.45) is 0 Å². The van der Waals surface area contributed by atoms with Crippen molar-refractivity contribution in [1.82, 2.24) is 0 Å². The number of aliphatic hydroxyl groups is 1. The fourth-order valence-corrected chi connectivity index (χ4v) is 0.995. The average Bonchev–Trinajstić information content (AvgIpc) is 2.11. The number of benzene rings is 1. The predicted molar refractivity (Wildman–Crippen MR) is 50.9 cm³/mol. The van der Waals surface area contributed by atoms with Gasteiger partial charge in [0.25, 0.3) is 0 Å². The Labute approximate surface area is 80.5 Å². The highest BCUT2D eigenvalue weighted by atomic mass is 19.2. The van der Waals surface area contributed by atoms with Crippen molar-refractivity contribution in [3.05, 3.63) is 23.8 Å². The Hall–Kier alpha value is -1.36. The fourth-order valence-electron chi connectivity index (χ4n) is 0.995. The molecule has 4 N–H and O–H groups in total. The number of anilines is 2. The zero-order valence-electron chi connectivity index (χ0n) is 7.72. The van der Waals surface area contributed by atoms with Gasteiger partial charge >= 0.3 is 0 Å². The van der Waals surface area contributed by atoms with E-state index in [0.717, 1.165) is 6.07 Å². The van der Waals surface area contributed by atoms with E-state index in [1.54, 1.807) is 0 Å². The molecule has 0 aliphatic carbocycles. The van der Waals surface area contributed by atoms with E-state index in [-0.39, 0.29) is 17.9 Å². The Morgan fingerprint density at radius 2 is 2.14 bits per heavy atom. The topological polar surface area (TPSA) is 58.3 Å². The van der Waals surface area contributed by atoms with Gasteiger partial charge in [0, 0.05) is 6.54 Å². The van der Waals surface area contributed by atoms with Crippen LogP contribution in [0.2, 0.25) is 0 Å². The highest BCUT2D eigenvalue weighted by Gasteiger charge is 2.11. The van der Waals surface area contributed by atoms with Crippen LogP contribution in [0.5, 0.6) is 0 Å². The molecule has 14 heavy (non-hydrogen) atoms. The molecule has 3 nitrogen and oxygen atoms in total. The maximum Gasteiger partial charge on any atom is 0.183 e. The first-order valence-electron chi connectivity index (χ1n) is 4.17. The summed E-state index contributed by atoms with van der Waals surface area (Å²) in [6, 6.07) is 2.22. The van der Waals surface area contributed by atoms with Gasteiger partial charge in [-0.15, -0.1) is 0 Å². The van der Waals surface area contributed by atoms with Crippen LogP contribution < -0.4 is 11.1 Å². The molecule has 0 aliphatic rings.